The summed E-state index contributed by atoms with van der Waals surface area (Å²) in [5.74, 6) is 0.723. The first-order valence-corrected chi connectivity index (χ1v) is 12.7. The zero-order valence-corrected chi connectivity index (χ0v) is 22.1. The Morgan fingerprint density at radius 3 is 2.41 bits per heavy atom. The van der Waals surface area contributed by atoms with E-state index in [1.807, 2.05) is 30.3 Å². The van der Waals surface area contributed by atoms with Crippen molar-refractivity contribution in [3.05, 3.63) is 42.7 Å². The van der Waals surface area contributed by atoms with E-state index in [-0.39, 0.29) is 11.9 Å². The van der Waals surface area contributed by atoms with E-state index in [1.165, 1.54) is 12.8 Å². The van der Waals surface area contributed by atoms with Gasteiger partial charge in [0.25, 0.3) is 0 Å². The number of carbonyl (C=O) groups is 2. The van der Waals surface area contributed by atoms with Gasteiger partial charge in [0.15, 0.2) is 0 Å². The second-order valence-corrected chi connectivity index (χ2v) is 10.7. The lowest BCUT2D eigenvalue weighted by Crippen LogP contribution is -2.45. The lowest BCUT2D eigenvalue weighted by atomic mass is 10.0. The number of hydrogen-bond acceptors (Lipinski definition) is 5. The summed E-state index contributed by atoms with van der Waals surface area (Å²) in [6, 6.07) is 10.1. The Morgan fingerprint density at radius 2 is 1.79 bits per heavy atom. The maximum atomic E-state index is 11.9. The Kier molecular flexibility index (Phi) is 14.4. The van der Waals surface area contributed by atoms with Crippen molar-refractivity contribution in [1.82, 2.24) is 16.0 Å². The molecule has 1 amide bonds. The second-order valence-electron chi connectivity index (χ2n) is 10.7. The molecule has 34 heavy (non-hydrogen) atoms. The number of benzene rings is 1. The van der Waals surface area contributed by atoms with Gasteiger partial charge in [-0.2, -0.15) is 0 Å². The van der Waals surface area contributed by atoms with Crippen LogP contribution in [0.3, 0.4) is 0 Å². The fourth-order valence-electron chi connectivity index (χ4n) is 3.53. The molecule has 0 saturated carbocycles. The van der Waals surface area contributed by atoms with E-state index < -0.39 is 6.04 Å². The van der Waals surface area contributed by atoms with Crippen LogP contribution < -0.4 is 20.7 Å². The van der Waals surface area contributed by atoms with E-state index in [9.17, 15) is 9.59 Å². The molecule has 3 N–H and O–H groups in total. The fraction of sp³-hybridized carbons (Fsp3) is 0.643. The molecule has 1 saturated heterocycles. The van der Waals surface area contributed by atoms with Crippen LogP contribution in [0.2, 0.25) is 0 Å². The first-order valence-electron chi connectivity index (χ1n) is 12.7. The Morgan fingerprint density at radius 1 is 1.15 bits per heavy atom. The molecular weight excluding hydrogens is 426 g/mol. The van der Waals surface area contributed by atoms with Gasteiger partial charge in [-0.25, -0.2) is 0 Å². The van der Waals surface area contributed by atoms with E-state index in [1.54, 1.807) is 20.2 Å². The number of ether oxygens (including phenoxy) is 1. The zero-order chi connectivity index (χ0) is 25.4. The minimum atomic E-state index is -0.391. The maximum absolute atomic E-state index is 11.9. The second kappa shape index (κ2) is 16.4. The van der Waals surface area contributed by atoms with Crippen LogP contribution in [-0.2, 0) is 9.59 Å². The Bertz CT molecular complexity index is 709. The summed E-state index contributed by atoms with van der Waals surface area (Å²) in [7, 11) is 1.73. The lowest BCUT2D eigenvalue weighted by molar-refractivity contribution is -0.125. The van der Waals surface area contributed by atoms with E-state index >= 15 is 0 Å². The molecule has 0 bridgehead atoms. The average Bonchev–Trinajstić information content (AvgIpc) is 3.25. The number of likely N-dealkylation sites (N-methyl/N-ethyl adjacent to an activating group) is 1. The topological polar surface area (TPSA) is 79.5 Å². The van der Waals surface area contributed by atoms with Crippen LogP contribution in [0.25, 0.3) is 0 Å². The van der Waals surface area contributed by atoms with Crippen molar-refractivity contribution in [2.24, 2.45) is 5.41 Å². The highest BCUT2D eigenvalue weighted by atomic mass is 16.5. The normalized spacial score (nSPS) is 19.7. The molecule has 4 atom stereocenters. The van der Waals surface area contributed by atoms with Crippen LogP contribution in [-0.4, -0.2) is 43.4 Å². The Hall–Kier alpha value is -2.18. The van der Waals surface area contributed by atoms with Gasteiger partial charge in [0, 0.05) is 12.1 Å². The van der Waals surface area contributed by atoms with Crippen molar-refractivity contribution in [2.75, 3.05) is 7.05 Å². The van der Waals surface area contributed by atoms with Crippen molar-refractivity contribution in [2.45, 2.75) is 104 Å². The summed E-state index contributed by atoms with van der Waals surface area (Å²) in [6.45, 7) is 10.5. The molecule has 2 unspecified atom stereocenters. The molecular formula is C28H47N3O3. The number of rotatable bonds is 13. The highest BCUT2D eigenvalue weighted by Gasteiger charge is 2.22. The highest BCUT2D eigenvalue weighted by Crippen LogP contribution is 2.20. The summed E-state index contributed by atoms with van der Waals surface area (Å²) in [4.78, 5) is 23.0. The molecule has 1 aromatic carbocycles. The number of nitrogens with one attached hydrogen (secondary N) is 3. The third kappa shape index (κ3) is 14.9. The van der Waals surface area contributed by atoms with Crippen molar-refractivity contribution in [3.63, 3.8) is 0 Å². The predicted molar refractivity (Wildman–Crippen MR) is 141 cm³/mol. The van der Waals surface area contributed by atoms with Gasteiger partial charge in [0.1, 0.15) is 12.0 Å². The van der Waals surface area contributed by atoms with Gasteiger partial charge in [-0.1, -0.05) is 58.7 Å². The van der Waals surface area contributed by atoms with E-state index in [0.29, 0.717) is 23.9 Å². The van der Waals surface area contributed by atoms with Gasteiger partial charge in [-0.05, 0) is 69.7 Å². The third-order valence-electron chi connectivity index (χ3n) is 5.44. The first-order chi connectivity index (χ1) is 16.1. The standard InChI is InChI=1S/C23H35N3O3.C5H12/c1-18(24-2)23(28)26-21(17-27)10-7-6-9-19-14-15-20(25-19)11-8-16-29-22-12-4-3-5-13-22;1-5(2,3)4/h3-5,8,12-13,16-21,24-25H,6-7,9-11,14-15H2,1-2H3,(H,26,28);1-4H3/b16-8+;/t18?,19?,20-,21+;/m1./s1. The van der Waals surface area contributed by atoms with E-state index in [0.717, 1.165) is 37.7 Å². The summed E-state index contributed by atoms with van der Waals surface area (Å²) in [6.07, 6.45) is 11.8. The summed E-state index contributed by atoms with van der Waals surface area (Å²) in [5, 5.41) is 9.36. The van der Waals surface area contributed by atoms with Crippen LogP contribution in [0.1, 0.15) is 79.6 Å². The highest BCUT2D eigenvalue weighted by molar-refractivity contribution is 5.83. The molecule has 1 fully saturated rings. The van der Waals surface area contributed by atoms with Crippen molar-refractivity contribution in [3.8, 4) is 5.75 Å². The number of amides is 1. The Labute approximate surface area is 207 Å². The van der Waals surface area contributed by atoms with Crippen LogP contribution in [0, 0.1) is 5.41 Å². The molecule has 6 heteroatoms. The summed E-state index contributed by atoms with van der Waals surface area (Å²) < 4.78 is 5.58. The van der Waals surface area contributed by atoms with Crippen molar-refractivity contribution in [1.29, 1.82) is 0 Å². The quantitative estimate of drug-likeness (QED) is 0.214. The van der Waals surface area contributed by atoms with Crippen LogP contribution >= 0.6 is 0 Å². The average molecular weight is 474 g/mol. The SMILES string of the molecule is CC(C)(C)C.CNC(C)C(=O)N[C@H](C=O)CCCCC1CC[C@@H](C/C=C/Oc2ccccc2)N1. The molecule has 0 aliphatic carbocycles. The minimum Gasteiger partial charge on any atom is -0.465 e. The van der Waals surface area contributed by atoms with Gasteiger partial charge in [0.05, 0.1) is 18.3 Å². The zero-order valence-electron chi connectivity index (χ0n) is 22.1. The predicted octanol–water partition coefficient (Wildman–Crippen LogP) is 4.99. The van der Waals surface area contributed by atoms with Gasteiger partial charge in [0.2, 0.25) is 5.91 Å². The number of hydrogen-bond donors (Lipinski definition) is 3. The number of aldehydes is 1. The fourth-order valence-corrected chi connectivity index (χ4v) is 3.53. The number of unbranched alkanes of at least 4 members (excludes halogenated alkanes) is 1. The molecule has 1 heterocycles. The molecule has 1 aliphatic heterocycles. The van der Waals surface area contributed by atoms with Crippen LogP contribution in [0.4, 0.5) is 0 Å². The van der Waals surface area contributed by atoms with Crippen LogP contribution in [0.15, 0.2) is 42.7 Å². The van der Waals surface area contributed by atoms with E-state index in [2.05, 4.69) is 49.7 Å². The molecule has 6 nitrogen and oxygen atoms in total. The lowest BCUT2D eigenvalue weighted by Gasteiger charge is -2.17. The maximum Gasteiger partial charge on any atom is 0.237 e. The largest absolute Gasteiger partial charge is 0.465 e. The van der Waals surface area contributed by atoms with Gasteiger partial charge < -0.3 is 25.5 Å². The molecule has 1 aliphatic rings. The monoisotopic (exact) mass is 473 g/mol. The molecule has 192 valence electrons. The van der Waals surface area contributed by atoms with Gasteiger partial charge in [-0.15, -0.1) is 0 Å². The van der Waals surface area contributed by atoms with E-state index in [4.69, 9.17) is 4.74 Å². The molecule has 0 aromatic heterocycles. The smallest absolute Gasteiger partial charge is 0.237 e. The number of carbonyl (C=O) groups excluding carboxylic acids is 2. The molecule has 2 rings (SSSR count). The van der Waals surface area contributed by atoms with Crippen LogP contribution in [0.5, 0.6) is 5.75 Å². The molecule has 0 spiro atoms. The third-order valence-corrected chi connectivity index (χ3v) is 5.44. The molecule has 0 radical (unpaired) electrons. The summed E-state index contributed by atoms with van der Waals surface area (Å²) >= 11 is 0. The minimum absolute atomic E-state index is 0.130. The van der Waals surface area contributed by atoms with Crippen molar-refractivity contribution >= 4 is 12.2 Å². The Balaban J connectivity index is 0.00000104. The molecule has 1 aromatic rings. The van der Waals surface area contributed by atoms with Gasteiger partial charge >= 0.3 is 0 Å². The van der Waals surface area contributed by atoms with Crippen molar-refractivity contribution < 1.29 is 14.3 Å². The summed E-state index contributed by atoms with van der Waals surface area (Å²) in [5.41, 5.74) is 0.500. The first kappa shape index (κ1) is 29.9. The number of para-hydroxylation sites is 1. The van der Waals surface area contributed by atoms with Gasteiger partial charge in [-0.3, -0.25) is 4.79 Å².